The lowest BCUT2D eigenvalue weighted by Crippen LogP contribution is -2.29. The second kappa shape index (κ2) is 20.1. The van der Waals surface area contributed by atoms with E-state index in [1.54, 1.807) is 28.0 Å². The highest BCUT2D eigenvalue weighted by molar-refractivity contribution is 6.32. The number of aryl methyl sites for hydroxylation is 6. The van der Waals surface area contributed by atoms with Gasteiger partial charge in [0, 0.05) is 39.1 Å². The zero-order valence-electron chi connectivity index (χ0n) is 31.7. The van der Waals surface area contributed by atoms with E-state index >= 15 is 0 Å². The predicted molar refractivity (Wildman–Crippen MR) is 234 cm³/mol. The van der Waals surface area contributed by atoms with Gasteiger partial charge in [0.05, 0.1) is 56.5 Å². The number of carbonyl (C=O) groups excluding carboxylic acids is 2. The van der Waals surface area contributed by atoms with E-state index in [0.29, 0.717) is 40.7 Å². The summed E-state index contributed by atoms with van der Waals surface area (Å²) < 4.78 is 3.42. The van der Waals surface area contributed by atoms with Crippen molar-refractivity contribution in [3.8, 4) is 0 Å². The maximum absolute atomic E-state index is 12.0. The molecule has 312 valence electrons. The number of amides is 2. The average Bonchev–Trinajstić information content (AvgIpc) is 4.11. The fourth-order valence-corrected chi connectivity index (χ4v) is 7.43. The van der Waals surface area contributed by atoms with Gasteiger partial charge in [0.2, 0.25) is 17.1 Å². The fourth-order valence-electron chi connectivity index (χ4n) is 6.91. The molecule has 2 saturated carbocycles. The van der Waals surface area contributed by atoms with Crippen LogP contribution >= 0.6 is 34.8 Å². The summed E-state index contributed by atoms with van der Waals surface area (Å²) in [7, 11) is 3.71. The third-order valence-electron chi connectivity index (χ3n) is 10.3. The lowest BCUT2D eigenvalue weighted by atomic mass is 9.88. The van der Waals surface area contributed by atoms with Crippen LogP contribution in [0.5, 0.6) is 0 Å². The molecule has 0 unspecified atom stereocenters. The van der Waals surface area contributed by atoms with E-state index in [1.807, 2.05) is 69.0 Å². The number of hydrogen-bond donors (Lipinski definition) is 3. The molecule has 0 saturated heterocycles. The quantitative estimate of drug-likeness (QED) is 0.107. The Morgan fingerprint density at radius 3 is 1.56 bits per heavy atom. The number of halogens is 3. The zero-order valence-corrected chi connectivity index (χ0v) is 34.0. The molecule has 0 radical (unpaired) electrons. The minimum Gasteiger partial charge on any atom is -0.396 e. The highest BCUT2D eigenvalue weighted by Crippen LogP contribution is 2.50. The molecule has 2 aliphatic carbocycles. The number of primary amides is 2. The van der Waals surface area contributed by atoms with E-state index in [9.17, 15) is 9.59 Å². The smallest absolute Gasteiger partial charge is 0.228 e. The summed E-state index contributed by atoms with van der Waals surface area (Å²) >= 11 is 18.3. The molecule has 8 rings (SSSR count). The van der Waals surface area contributed by atoms with Crippen LogP contribution in [0.3, 0.4) is 0 Å². The Balaban J connectivity index is 0.000000221. The van der Waals surface area contributed by atoms with Crippen LogP contribution in [0.2, 0.25) is 15.3 Å². The molecule has 0 spiro atoms. The first-order valence-corrected chi connectivity index (χ1v) is 19.6. The van der Waals surface area contributed by atoms with Gasteiger partial charge in [-0.3, -0.25) is 19.0 Å². The molecular weight excluding hydrogens is 809 g/mol. The number of anilines is 1. The molecular formula is C43H52Cl3N11O2. The van der Waals surface area contributed by atoms with Gasteiger partial charge in [0.15, 0.2) is 0 Å². The third kappa shape index (κ3) is 11.4. The molecule has 13 nitrogen and oxygen atoms in total. The van der Waals surface area contributed by atoms with Crippen molar-refractivity contribution < 1.29 is 9.59 Å². The Labute approximate surface area is 360 Å². The van der Waals surface area contributed by atoms with Crippen LogP contribution in [0.25, 0.3) is 0 Å². The van der Waals surface area contributed by atoms with Crippen molar-refractivity contribution in [3.05, 3.63) is 146 Å². The first-order chi connectivity index (χ1) is 27.3. The van der Waals surface area contributed by atoms with Gasteiger partial charge in [-0.15, -0.1) is 0 Å². The van der Waals surface area contributed by atoms with Crippen molar-refractivity contribution in [2.45, 2.75) is 83.5 Å². The minimum absolute atomic E-state index is 0. The lowest BCUT2D eigenvalue weighted by molar-refractivity contribution is -0.121. The van der Waals surface area contributed by atoms with Crippen molar-refractivity contribution in [2.24, 2.45) is 25.6 Å². The van der Waals surface area contributed by atoms with Gasteiger partial charge in [-0.05, 0) is 90.8 Å². The van der Waals surface area contributed by atoms with Gasteiger partial charge in [-0.2, -0.15) is 10.2 Å². The Bertz CT molecular complexity index is 2350. The molecule has 6 N–H and O–H groups in total. The average molecular weight is 861 g/mol. The topological polar surface area (TPSA) is 199 Å². The minimum atomic E-state index is -0.489. The summed E-state index contributed by atoms with van der Waals surface area (Å²) in [5, 5.41) is 9.23. The van der Waals surface area contributed by atoms with E-state index in [1.165, 1.54) is 6.20 Å². The molecule has 2 aromatic carbocycles. The SMILES string of the molecule is C.C.Cn1cc(Cc2ncc(Cl)c(CCc3ccccc3C3(C(N)=O)CC3)n2)cn1.Cn1cc(N)cn1.NC(=O)C1(c2ccccc2CCc2nc(Cl)ncc2Cl)CC1. The van der Waals surface area contributed by atoms with Crippen LogP contribution in [-0.2, 0) is 66.6 Å². The summed E-state index contributed by atoms with van der Waals surface area (Å²) in [5.74, 6) is 0.235. The summed E-state index contributed by atoms with van der Waals surface area (Å²) in [5.41, 5.74) is 23.2. The standard InChI is InChI=1S/C21H22ClN5O.C16H15Cl2N3O.C4H7N3.2CH4/c1-27-13-14(11-25-27)10-19-24-12-17(22)18(26-19)7-6-15-4-2-3-5-16(15)21(8-9-21)20(23)28;17-12-9-20-15(18)21-13(12)6-5-10-3-1-2-4-11(10)16(7-8-16)14(19)22;1-7-3-4(5)2-6-7;;/h2-5,11-13H,6-10H2,1H3,(H2,23,28);1-4,9H,5-8H2,(H2,19,22);2-3H,5H2,1H3;2*1H4. The maximum atomic E-state index is 12.0. The van der Waals surface area contributed by atoms with Crippen molar-refractivity contribution in [3.63, 3.8) is 0 Å². The van der Waals surface area contributed by atoms with Gasteiger partial charge < -0.3 is 17.2 Å². The van der Waals surface area contributed by atoms with E-state index in [4.69, 9.17) is 52.0 Å². The van der Waals surface area contributed by atoms with Gasteiger partial charge >= 0.3 is 0 Å². The Morgan fingerprint density at radius 1 is 0.661 bits per heavy atom. The van der Waals surface area contributed by atoms with E-state index < -0.39 is 10.8 Å². The van der Waals surface area contributed by atoms with Crippen LogP contribution in [0.4, 0.5) is 5.69 Å². The second-order valence-electron chi connectivity index (χ2n) is 14.4. The molecule has 2 fully saturated rings. The summed E-state index contributed by atoms with van der Waals surface area (Å²) in [6.45, 7) is 0. The monoisotopic (exact) mass is 859 g/mol. The Hall–Kier alpha value is -5.37. The molecule has 4 aromatic heterocycles. The summed E-state index contributed by atoms with van der Waals surface area (Å²) in [6.07, 6.45) is 17.0. The number of benzene rings is 2. The normalized spacial score (nSPS) is 13.9. The molecule has 2 amide bonds. The molecule has 4 heterocycles. The number of nitrogens with two attached hydrogens (primary N) is 3. The van der Waals surface area contributed by atoms with E-state index in [-0.39, 0.29) is 32.0 Å². The maximum Gasteiger partial charge on any atom is 0.228 e. The first kappa shape index (κ1) is 46.3. The summed E-state index contributed by atoms with van der Waals surface area (Å²) in [4.78, 5) is 40.7. The van der Waals surface area contributed by atoms with E-state index in [2.05, 4.69) is 36.2 Å². The summed E-state index contributed by atoms with van der Waals surface area (Å²) in [6, 6.07) is 15.9. The van der Waals surface area contributed by atoms with Gasteiger partial charge in [0.1, 0.15) is 5.82 Å². The predicted octanol–water partition coefficient (Wildman–Crippen LogP) is 7.12. The first-order valence-electron chi connectivity index (χ1n) is 18.4. The molecule has 0 bridgehead atoms. The third-order valence-corrected chi connectivity index (χ3v) is 11.1. The van der Waals surface area contributed by atoms with Gasteiger partial charge in [-0.1, -0.05) is 86.6 Å². The van der Waals surface area contributed by atoms with Crippen molar-refractivity contribution in [1.29, 1.82) is 0 Å². The Morgan fingerprint density at radius 2 is 1.14 bits per heavy atom. The van der Waals surface area contributed by atoms with Gasteiger partial charge in [0.25, 0.3) is 0 Å². The van der Waals surface area contributed by atoms with Crippen molar-refractivity contribution in [1.82, 2.24) is 39.5 Å². The van der Waals surface area contributed by atoms with Crippen LogP contribution in [-0.4, -0.2) is 51.3 Å². The Kier molecular flexibility index (Phi) is 15.7. The number of hydrogen-bond acceptors (Lipinski definition) is 9. The second-order valence-corrected chi connectivity index (χ2v) is 15.5. The number of rotatable bonds is 12. The fraction of sp³-hybridized carbons (Fsp3) is 0.349. The zero-order chi connectivity index (χ0) is 40.7. The molecule has 2 aliphatic rings. The molecule has 16 heteroatoms. The highest BCUT2D eigenvalue weighted by Gasteiger charge is 2.51. The van der Waals surface area contributed by atoms with Crippen LogP contribution in [0.1, 0.15) is 85.6 Å². The van der Waals surface area contributed by atoms with Crippen molar-refractivity contribution >= 4 is 52.3 Å². The number of nitrogen functional groups attached to an aromatic ring is 1. The van der Waals surface area contributed by atoms with Crippen LogP contribution in [0.15, 0.2) is 85.7 Å². The van der Waals surface area contributed by atoms with Gasteiger partial charge in [-0.25, -0.2) is 19.9 Å². The van der Waals surface area contributed by atoms with E-state index in [0.717, 1.165) is 77.9 Å². The molecule has 6 aromatic rings. The largest absolute Gasteiger partial charge is 0.396 e. The highest BCUT2D eigenvalue weighted by atomic mass is 35.5. The molecule has 0 aliphatic heterocycles. The number of nitrogens with zero attached hydrogens (tertiary/aromatic N) is 8. The van der Waals surface area contributed by atoms with Crippen LogP contribution < -0.4 is 17.2 Å². The number of carbonyl (C=O) groups is 2. The van der Waals surface area contributed by atoms with Crippen molar-refractivity contribution in [2.75, 3.05) is 5.73 Å². The number of aromatic nitrogens is 8. The molecule has 59 heavy (non-hydrogen) atoms. The molecule has 0 atom stereocenters. The van der Waals surface area contributed by atoms with Crippen LogP contribution in [0, 0.1) is 0 Å². The lowest BCUT2D eigenvalue weighted by Gasteiger charge is -2.16.